The van der Waals surface area contributed by atoms with E-state index in [4.69, 9.17) is 11.6 Å². The van der Waals surface area contributed by atoms with E-state index in [1.165, 1.54) is 12.1 Å². The topological polar surface area (TPSA) is 75.1 Å². The summed E-state index contributed by atoms with van der Waals surface area (Å²) in [5.41, 5.74) is 0.898. The zero-order chi connectivity index (χ0) is 13.7. The number of hydrogen-bond acceptors (Lipinski definition) is 4. The smallest absolute Gasteiger partial charge is 0.271 e. The average Bonchev–Trinajstić information content (AvgIpc) is 2.46. The van der Waals surface area contributed by atoms with Gasteiger partial charge in [0.2, 0.25) is 0 Å². The van der Waals surface area contributed by atoms with Crippen LogP contribution in [0.1, 0.15) is 22.2 Å². The van der Waals surface area contributed by atoms with Crippen LogP contribution in [0.5, 0.6) is 0 Å². The van der Waals surface area contributed by atoms with Gasteiger partial charge in [-0.05, 0) is 17.7 Å². The quantitative estimate of drug-likeness (QED) is 0.890. The second-order valence-electron chi connectivity index (χ2n) is 3.88. The van der Waals surface area contributed by atoms with Crippen LogP contribution in [0.25, 0.3) is 0 Å². The zero-order valence-corrected chi connectivity index (χ0v) is 10.7. The predicted molar refractivity (Wildman–Crippen MR) is 70.8 cm³/mol. The van der Waals surface area contributed by atoms with E-state index in [1.807, 2.05) is 18.2 Å². The Labute approximate surface area is 115 Å². The summed E-state index contributed by atoms with van der Waals surface area (Å²) in [5, 5.41) is 19.9. The number of aliphatic hydroxyl groups is 1. The van der Waals surface area contributed by atoms with Gasteiger partial charge in [0.15, 0.2) is 10.8 Å². The van der Waals surface area contributed by atoms with Gasteiger partial charge in [-0.15, -0.1) is 10.2 Å². The van der Waals surface area contributed by atoms with Crippen molar-refractivity contribution in [1.82, 2.24) is 15.5 Å². The highest BCUT2D eigenvalue weighted by atomic mass is 35.5. The van der Waals surface area contributed by atoms with E-state index < -0.39 is 12.0 Å². The standard InChI is InChI=1S/C13H12ClN3O2/c14-12-7-6-10(16-17-12)13(19)15-8-11(18)9-4-2-1-3-5-9/h1-7,11,18H,8H2,(H,15,19)/t11-/m0/s1. The van der Waals surface area contributed by atoms with Gasteiger partial charge in [0.05, 0.1) is 6.10 Å². The number of carbonyl (C=O) groups is 1. The summed E-state index contributed by atoms with van der Waals surface area (Å²) in [6.45, 7) is 0.104. The lowest BCUT2D eigenvalue weighted by Gasteiger charge is -2.11. The maximum absolute atomic E-state index is 11.7. The third-order valence-corrected chi connectivity index (χ3v) is 2.71. The number of carbonyl (C=O) groups excluding carboxylic acids is 1. The molecule has 1 atom stereocenters. The second-order valence-corrected chi connectivity index (χ2v) is 4.27. The molecule has 6 heteroatoms. The molecule has 0 fully saturated rings. The molecule has 2 rings (SSSR count). The molecule has 1 aromatic carbocycles. The monoisotopic (exact) mass is 277 g/mol. The number of amides is 1. The normalized spacial score (nSPS) is 11.9. The summed E-state index contributed by atoms with van der Waals surface area (Å²) in [6, 6.07) is 12.0. The van der Waals surface area contributed by atoms with Gasteiger partial charge in [-0.3, -0.25) is 4.79 Å². The van der Waals surface area contributed by atoms with E-state index in [1.54, 1.807) is 12.1 Å². The molecule has 0 aliphatic carbocycles. The van der Waals surface area contributed by atoms with Crippen LogP contribution in [0, 0.1) is 0 Å². The highest BCUT2D eigenvalue weighted by Crippen LogP contribution is 2.10. The lowest BCUT2D eigenvalue weighted by molar-refractivity contribution is 0.0910. The number of nitrogens with one attached hydrogen (secondary N) is 1. The highest BCUT2D eigenvalue weighted by Gasteiger charge is 2.11. The molecule has 0 aliphatic heterocycles. The van der Waals surface area contributed by atoms with Gasteiger partial charge < -0.3 is 10.4 Å². The van der Waals surface area contributed by atoms with Crippen molar-refractivity contribution >= 4 is 17.5 Å². The summed E-state index contributed by atoms with van der Waals surface area (Å²) >= 11 is 5.58. The number of rotatable bonds is 4. The molecule has 0 saturated carbocycles. The molecule has 1 heterocycles. The van der Waals surface area contributed by atoms with E-state index >= 15 is 0 Å². The number of hydrogen-bond donors (Lipinski definition) is 2. The molecular formula is C13H12ClN3O2. The van der Waals surface area contributed by atoms with Gasteiger partial charge in [0, 0.05) is 6.54 Å². The Hall–Kier alpha value is -1.98. The summed E-state index contributed by atoms with van der Waals surface area (Å²) in [7, 11) is 0. The molecule has 0 saturated heterocycles. The third kappa shape index (κ3) is 3.74. The lowest BCUT2D eigenvalue weighted by atomic mass is 10.1. The molecule has 1 amide bonds. The van der Waals surface area contributed by atoms with Gasteiger partial charge in [-0.2, -0.15) is 0 Å². The molecular weight excluding hydrogens is 266 g/mol. The van der Waals surface area contributed by atoms with Gasteiger partial charge in [-0.1, -0.05) is 41.9 Å². The van der Waals surface area contributed by atoms with Crippen LogP contribution in [0.2, 0.25) is 5.15 Å². The van der Waals surface area contributed by atoms with Crippen molar-refractivity contribution in [3.8, 4) is 0 Å². The summed E-state index contributed by atoms with van der Waals surface area (Å²) in [5.74, 6) is -0.404. The largest absolute Gasteiger partial charge is 0.387 e. The van der Waals surface area contributed by atoms with E-state index in [-0.39, 0.29) is 17.4 Å². The number of aromatic nitrogens is 2. The van der Waals surface area contributed by atoms with Crippen molar-refractivity contribution in [2.45, 2.75) is 6.10 Å². The van der Waals surface area contributed by atoms with Crippen molar-refractivity contribution in [2.75, 3.05) is 6.54 Å². The average molecular weight is 278 g/mol. The Kier molecular flexibility index (Phi) is 4.43. The summed E-state index contributed by atoms with van der Waals surface area (Å²) in [4.78, 5) is 11.7. The molecule has 0 unspecified atom stereocenters. The SMILES string of the molecule is O=C(NC[C@H](O)c1ccccc1)c1ccc(Cl)nn1. The molecule has 2 aromatic rings. The van der Waals surface area contributed by atoms with Crippen molar-refractivity contribution in [3.05, 3.63) is 58.9 Å². The number of aliphatic hydroxyl groups excluding tert-OH is 1. The molecule has 1 aromatic heterocycles. The van der Waals surface area contributed by atoms with Crippen LogP contribution < -0.4 is 5.32 Å². The number of halogens is 1. The fourth-order valence-electron chi connectivity index (χ4n) is 1.51. The molecule has 0 spiro atoms. The fourth-order valence-corrected chi connectivity index (χ4v) is 1.61. The molecule has 2 N–H and O–H groups in total. The Morgan fingerprint density at radius 3 is 2.58 bits per heavy atom. The molecule has 0 radical (unpaired) electrons. The van der Waals surface area contributed by atoms with Crippen LogP contribution >= 0.6 is 11.6 Å². The minimum absolute atomic E-state index is 0.104. The van der Waals surface area contributed by atoms with E-state index in [2.05, 4.69) is 15.5 Å². The number of benzene rings is 1. The van der Waals surface area contributed by atoms with Crippen molar-refractivity contribution in [2.24, 2.45) is 0 Å². The van der Waals surface area contributed by atoms with Crippen molar-refractivity contribution < 1.29 is 9.90 Å². The van der Waals surface area contributed by atoms with Crippen LogP contribution in [0.4, 0.5) is 0 Å². The van der Waals surface area contributed by atoms with Gasteiger partial charge in [0.25, 0.3) is 5.91 Å². The van der Waals surface area contributed by atoms with Gasteiger partial charge in [0.1, 0.15) is 0 Å². The summed E-state index contributed by atoms with van der Waals surface area (Å²) < 4.78 is 0. The van der Waals surface area contributed by atoms with E-state index in [9.17, 15) is 9.90 Å². The van der Waals surface area contributed by atoms with E-state index in [0.717, 1.165) is 5.56 Å². The Morgan fingerprint density at radius 1 is 1.21 bits per heavy atom. The highest BCUT2D eigenvalue weighted by molar-refractivity contribution is 6.29. The van der Waals surface area contributed by atoms with E-state index in [0.29, 0.717) is 0 Å². The maximum atomic E-state index is 11.7. The minimum Gasteiger partial charge on any atom is -0.387 e. The fraction of sp³-hybridized carbons (Fsp3) is 0.154. The Morgan fingerprint density at radius 2 is 1.95 bits per heavy atom. The first-order chi connectivity index (χ1) is 9.16. The molecule has 5 nitrogen and oxygen atoms in total. The van der Waals surface area contributed by atoms with Gasteiger partial charge in [-0.25, -0.2) is 0 Å². The molecule has 0 bridgehead atoms. The zero-order valence-electron chi connectivity index (χ0n) is 9.95. The minimum atomic E-state index is -0.759. The third-order valence-electron chi connectivity index (χ3n) is 2.50. The molecule has 0 aliphatic rings. The predicted octanol–water partition coefficient (Wildman–Crippen LogP) is 1.59. The number of nitrogens with zero attached hydrogens (tertiary/aromatic N) is 2. The van der Waals surface area contributed by atoms with Crippen LogP contribution in [0.15, 0.2) is 42.5 Å². The van der Waals surface area contributed by atoms with Crippen LogP contribution in [-0.4, -0.2) is 27.8 Å². The van der Waals surface area contributed by atoms with Crippen molar-refractivity contribution in [3.63, 3.8) is 0 Å². The Balaban J connectivity index is 1.92. The first-order valence-corrected chi connectivity index (χ1v) is 6.05. The molecule has 98 valence electrons. The first-order valence-electron chi connectivity index (χ1n) is 5.67. The first kappa shape index (κ1) is 13.5. The van der Waals surface area contributed by atoms with Gasteiger partial charge >= 0.3 is 0 Å². The van der Waals surface area contributed by atoms with Crippen LogP contribution in [0.3, 0.4) is 0 Å². The second kappa shape index (κ2) is 6.26. The lowest BCUT2D eigenvalue weighted by Crippen LogP contribution is -2.29. The summed E-state index contributed by atoms with van der Waals surface area (Å²) in [6.07, 6.45) is -0.759. The van der Waals surface area contributed by atoms with Crippen LogP contribution in [-0.2, 0) is 0 Å². The maximum Gasteiger partial charge on any atom is 0.271 e. The molecule has 19 heavy (non-hydrogen) atoms. The Bertz CT molecular complexity index is 546. The van der Waals surface area contributed by atoms with Crippen molar-refractivity contribution in [1.29, 1.82) is 0 Å².